The van der Waals surface area contributed by atoms with Crippen LogP contribution in [0, 0.1) is 11.3 Å². The van der Waals surface area contributed by atoms with Gasteiger partial charge in [0.15, 0.2) is 0 Å². The van der Waals surface area contributed by atoms with Gasteiger partial charge in [-0.15, -0.1) is 0 Å². The van der Waals surface area contributed by atoms with Gasteiger partial charge in [0.1, 0.15) is 17.5 Å². The maximum absolute atomic E-state index is 11.9. The molecule has 6 nitrogen and oxygen atoms in total. The Morgan fingerprint density at radius 1 is 1.32 bits per heavy atom. The summed E-state index contributed by atoms with van der Waals surface area (Å²) in [4.78, 5) is 13.7. The molecule has 1 aliphatic rings. The number of carbonyl (C=O) groups is 1. The van der Waals surface area contributed by atoms with Crippen molar-refractivity contribution in [2.75, 3.05) is 18.4 Å². The summed E-state index contributed by atoms with van der Waals surface area (Å²) in [5.74, 6) is 0.718. The number of nitrogens with one attached hydrogen (secondary N) is 1. The number of hydrogen-bond donors (Lipinski definition) is 1. The Balaban J connectivity index is 2.09. The van der Waals surface area contributed by atoms with Crippen molar-refractivity contribution in [2.24, 2.45) is 0 Å². The van der Waals surface area contributed by atoms with Crippen molar-refractivity contribution < 1.29 is 4.79 Å². The second-order valence-electron chi connectivity index (χ2n) is 5.50. The molecule has 0 saturated carbocycles. The summed E-state index contributed by atoms with van der Waals surface area (Å²) in [5, 5.41) is 16.7. The van der Waals surface area contributed by atoms with Gasteiger partial charge in [-0.3, -0.25) is 4.79 Å². The van der Waals surface area contributed by atoms with E-state index in [1.807, 2.05) is 4.68 Å². The highest BCUT2D eigenvalue weighted by molar-refractivity contribution is 5.92. The Morgan fingerprint density at radius 3 is 2.82 bits per heavy atom. The summed E-state index contributed by atoms with van der Waals surface area (Å²) in [7, 11) is 0. The van der Waals surface area contributed by atoms with Gasteiger partial charge in [0.25, 0.3) is 0 Å². The first-order valence-corrected chi connectivity index (χ1v) is 7.92. The molecule has 1 aliphatic heterocycles. The first-order chi connectivity index (χ1) is 10.7. The summed E-state index contributed by atoms with van der Waals surface area (Å²) in [6.45, 7) is 6.30. The Bertz CT molecular complexity index is 596. The monoisotopic (exact) mass is 301 g/mol. The largest absolute Gasteiger partial charge is 0.341 e. The zero-order valence-electron chi connectivity index (χ0n) is 13.3. The van der Waals surface area contributed by atoms with Gasteiger partial charge in [0, 0.05) is 24.9 Å². The fraction of sp³-hybridized carbons (Fsp3) is 0.562. The molecule has 0 aliphatic carbocycles. The van der Waals surface area contributed by atoms with Gasteiger partial charge in [-0.2, -0.15) is 10.4 Å². The Morgan fingerprint density at radius 2 is 2.14 bits per heavy atom. The van der Waals surface area contributed by atoms with E-state index in [2.05, 4.69) is 30.3 Å². The van der Waals surface area contributed by atoms with Crippen LogP contribution in [0.4, 0.5) is 5.82 Å². The minimum Gasteiger partial charge on any atom is -0.341 e. The van der Waals surface area contributed by atoms with Gasteiger partial charge >= 0.3 is 0 Å². The molecule has 0 spiro atoms. The number of unbranched alkanes of at least 4 members (excludes halogenated alkanes) is 2. The van der Waals surface area contributed by atoms with Crippen LogP contribution in [-0.2, 0) is 11.3 Å². The third-order valence-corrected chi connectivity index (χ3v) is 3.68. The molecule has 22 heavy (non-hydrogen) atoms. The molecule has 6 heteroatoms. The molecule has 1 aromatic heterocycles. The molecule has 2 rings (SSSR count). The van der Waals surface area contributed by atoms with Crippen LogP contribution in [0.25, 0.3) is 0 Å². The van der Waals surface area contributed by atoms with Gasteiger partial charge in [-0.05, 0) is 12.8 Å². The van der Waals surface area contributed by atoms with Crippen molar-refractivity contribution in [3.63, 3.8) is 0 Å². The summed E-state index contributed by atoms with van der Waals surface area (Å²) in [6.07, 6.45) is 7.42. The topological polar surface area (TPSA) is 74.0 Å². The van der Waals surface area contributed by atoms with Crippen LogP contribution in [0.1, 0.15) is 45.1 Å². The van der Waals surface area contributed by atoms with E-state index in [-0.39, 0.29) is 5.91 Å². The average Bonchev–Trinajstić information content (AvgIpc) is 3.04. The molecule has 1 N–H and O–H groups in total. The molecule has 0 unspecified atom stereocenters. The second-order valence-corrected chi connectivity index (χ2v) is 5.50. The number of aromatic nitrogens is 2. The minimum absolute atomic E-state index is 0.0277. The normalized spacial score (nSPS) is 14.1. The Hall–Kier alpha value is -2.29. The lowest BCUT2D eigenvalue weighted by Crippen LogP contribution is -2.27. The molecule has 0 aromatic carbocycles. The van der Waals surface area contributed by atoms with E-state index < -0.39 is 0 Å². The standard InChI is InChI=1S/C16H23N5O/c1-3-5-6-8-21-16(13(10-17)11-18-21)19-14-9-15(22)20(12-14)7-4-2/h9,11,19H,3-8,12H2,1-2H3. The van der Waals surface area contributed by atoms with Gasteiger partial charge in [0.2, 0.25) is 5.91 Å². The number of nitrogens with zero attached hydrogens (tertiary/aromatic N) is 4. The van der Waals surface area contributed by atoms with Crippen LogP contribution in [0.5, 0.6) is 0 Å². The van der Waals surface area contributed by atoms with E-state index in [1.165, 1.54) is 0 Å². The highest BCUT2D eigenvalue weighted by atomic mass is 16.2. The fourth-order valence-electron chi connectivity index (χ4n) is 2.54. The SMILES string of the molecule is CCCCCn1ncc(C#N)c1NC1=CC(=O)N(CCC)C1. The second kappa shape index (κ2) is 7.64. The molecule has 0 atom stereocenters. The summed E-state index contributed by atoms with van der Waals surface area (Å²) < 4.78 is 1.82. The van der Waals surface area contributed by atoms with E-state index in [0.717, 1.165) is 44.5 Å². The van der Waals surface area contributed by atoms with Crippen LogP contribution in [0.2, 0.25) is 0 Å². The number of amides is 1. The maximum Gasteiger partial charge on any atom is 0.248 e. The van der Waals surface area contributed by atoms with Crippen molar-refractivity contribution in [1.29, 1.82) is 5.26 Å². The average molecular weight is 301 g/mol. The van der Waals surface area contributed by atoms with E-state index in [4.69, 9.17) is 0 Å². The van der Waals surface area contributed by atoms with E-state index in [9.17, 15) is 10.1 Å². The third-order valence-electron chi connectivity index (χ3n) is 3.68. The maximum atomic E-state index is 11.9. The first-order valence-electron chi connectivity index (χ1n) is 7.92. The van der Waals surface area contributed by atoms with Gasteiger partial charge < -0.3 is 10.2 Å². The van der Waals surface area contributed by atoms with Crippen molar-refractivity contribution in [2.45, 2.75) is 46.1 Å². The van der Waals surface area contributed by atoms with Crippen molar-refractivity contribution >= 4 is 11.7 Å². The van der Waals surface area contributed by atoms with E-state index in [0.29, 0.717) is 17.9 Å². The summed E-state index contributed by atoms with van der Waals surface area (Å²) in [5.41, 5.74) is 1.34. The molecule has 0 saturated heterocycles. The van der Waals surface area contributed by atoms with Crippen molar-refractivity contribution in [3.8, 4) is 6.07 Å². The molecular formula is C16H23N5O. The van der Waals surface area contributed by atoms with Gasteiger partial charge in [-0.1, -0.05) is 26.7 Å². The summed E-state index contributed by atoms with van der Waals surface area (Å²) >= 11 is 0. The van der Waals surface area contributed by atoms with Crippen LogP contribution >= 0.6 is 0 Å². The molecule has 1 amide bonds. The number of nitriles is 1. The Kier molecular flexibility index (Phi) is 5.59. The van der Waals surface area contributed by atoms with Crippen LogP contribution in [0.3, 0.4) is 0 Å². The first kappa shape index (κ1) is 16.1. The minimum atomic E-state index is 0.0277. The Labute approximate surface area is 131 Å². The van der Waals surface area contributed by atoms with E-state index >= 15 is 0 Å². The van der Waals surface area contributed by atoms with Crippen LogP contribution in [0.15, 0.2) is 18.0 Å². The lowest BCUT2D eigenvalue weighted by Gasteiger charge is -2.16. The number of hydrogen-bond acceptors (Lipinski definition) is 4. The molecule has 118 valence electrons. The number of anilines is 1. The smallest absolute Gasteiger partial charge is 0.248 e. The zero-order chi connectivity index (χ0) is 15.9. The predicted octanol–water partition coefficient (Wildman–Crippen LogP) is 2.49. The van der Waals surface area contributed by atoms with Crippen LogP contribution in [-0.4, -0.2) is 33.7 Å². The van der Waals surface area contributed by atoms with Crippen molar-refractivity contribution in [3.05, 3.63) is 23.5 Å². The molecule has 1 aromatic rings. The van der Waals surface area contributed by atoms with Gasteiger partial charge in [-0.25, -0.2) is 4.68 Å². The number of carbonyl (C=O) groups excluding carboxylic acids is 1. The van der Waals surface area contributed by atoms with Crippen molar-refractivity contribution in [1.82, 2.24) is 14.7 Å². The lowest BCUT2D eigenvalue weighted by molar-refractivity contribution is -0.124. The number of aryl methyl sites for hydroxylation is 1. The molecule has 0 fully saturated rings. The highest BCUT2D eigenvalue weighted by Crippen LogP contribution is 2.20. The quantitative estimate of drug-likeness (QED) is 0.749. The molecule has 0 bridgehead atoms. The molecular weight excluding hydrogens is 278 g/mol. The van der Waals surface area contributed by atoms with Crippen LogP contribution < -0.4 is 5.32 Å². The zero-order valence-corrected chi connectivity index (χ0v) is 13.3. The lowest BCUT2D eigenvalue weighted by atomic mass is 10.2. The van der Waals surface area contributed by atoms with E-state index in [1.54, 1.807) is 17.2 Å². The highest BCUT2D eigenvalue weighted by Gasteiger charge is 2.22. The third kappa shape index (κ3) is 3.67. The molecule has 2 heterocycles. The van der Waals surface area contributed by atoms with Gasteiger partial charge in [0.05, 0.1) is 12.7 Å². The fourth-order valence-corrected chi connectivity index (χ4v) is 2.54. The predicted molar refractivity (Wildman–Crippen MR) is 85.0 cm³/mol. The molecule has 0 radical (unpaired) electrons. The summed E-state index contributed by atoms with van der Waals surface area (Å²) in [6, 6.07) is 2.16. The number of rotatable bonds is 8.